The van der Waals surface area contributed by atoms with Gasteiger partial charge in [-0.1, -0.05) is 22.0 Å². The molecule has 2 rings (SSSR count). The lowest BCUT2D eigenvalue weighted by Gasteiger charge is -2.12. The molecule has 0 spiro atoms. The van der Waals surface area contributed by atoms with E-state index in [9.17, 15) is 0 Å². The van der Waals surface area contributed by atoms with Crippen LogP contribution in [0.25, 0.3) is 11.4 Å². The number of anilines is 1. The molecule has 2 aromatic rings. The molecule has 0 aliphatic rings. The fourth-order valence-corrected chi connectivity index (χ4v) is 2.97. The Labute approximate surface area is 135 Å². The van der Waals surface area contributed by atoms with Gasteiger partial charge in [0.2, 0.25) is 0 Å². The van der Waals surface area contributed by atoms with Crippen LogP contribution in [0.3, 0.4) is 0 Å². The first-order valence-electron chi connectivity index (χ1n) is 6.06. The minimum absolute atomic E-state index is 0.425. The lowest BCUT2D eigenvalue weighted by atomic mass is 10.1. The van der Waals surface area contributed by atoms with Gasteiger partial charge in [0.1, 0.15) is 5.82 Å². The van der Waals surface area contributed by atoms with E-state index in [0.717, 1.165) is 26.0 Å². The van der Waals surface area contributed by atoms with Gasteiger partial charge in [0.15, 0.2) is 5.82 Å². The Bertz CT molecular complexity index is 632. The highest BCUT2D eigenvalue weighted by atomic mass is 79.9. The molecule has 0 atom stereocenters. The highest BCUT2D eigenvalue weighted by Gasteiger charge is 2.14. The van der Waals surface area contributed by atoms with Crippen LogP contribution in [0.1, 0.15) is 11.3 Å². The SMILES string of the molecule is CNc1nc(-c2ccc(C)cc2Br)nc(COC)c1Br. The smallest absolute Gasteiger partial charge is 0.163 e. The van der Waals surface area contributed by atoms with E-state index in [0.29, 0.717) is 12.4 Å². The summed E-state index contributed by atoms with van der Waals surface area (Å²) >= 11 is 7.07. The van der Waals surface area contributed by atoms with Gasteiger partial charge in [0.05, 0.1) is 16.8 Å². The van der Waals surface area contributed by atoms with Crippen LogP contribution in [0.15, 0.2) is 27.1 Å². The Hall–Kier alpha value is -0.980. The molecule has 1 heterocycles. The van der Waals surface area contributed by atoms with Crippen LogP contribution in [0.2, 0.25) is 0 Å². The van der Waals surface area contributed by atoms with Crippen molar-refractivity contribution < 1.29 is 4.74 Å². The molecule has 0 bridgehead atoms. The van der Waals surface area contributed by atoms with E-state index >= 15 is 0 Å². The molecule has 6 heteroatoms. The summed E-state index contributed by atoms with van der Waals surface area (Å²) in [5.74, 6) is 1.41. The first-order valence-corrected chi connectivity index (χ1v) is 7.65. The zero-order chi connectivity index (χ0) is 14.7. The Morgan fingerprint density at radius 1 is 1.25 bits per heavy atom. The maximum atomic E-state index is 5.19. The normalized spacial score (nSPS) is 10.7. The molecular formula is C14H15Br2N3O. The number of hydrogen-bond acceptors (Lipinski definition) is 4. The summed E-state index contributed by atoms with van der Waals surface area (Å²) < 4.78 is 6.99. The summed E-state index contributed by atoms with van der Waals surface area (Å²) in [5, 5.41) is 3.07. The minimum atomic E-state index is 0.425. The number of halogens is 2. The summed E-state index contributed by atoms with van der Waals surface area (Å²) in [6, 6.07) is 6.11. The van der Waals surface area contributed by atoms with Crippen LogP contribution in [0.5, 0.6) is 0 Å². The molecule has 1 N–H and O–H groups in total. The molecule has 0 amide bonds. The fourth-order valence-electron chi connectivity index (χ4n) is 1.81. The number of aryl methyl sites for hydroxylation is 1. The lowest BCUT2D eigenvalue weighted by Crippen LogP contribution is -2.04. The van der Waals surface area contributed by atoms with Gasteiger partial charge in [0.25, 0.3) is 0 Å². The number of rotatable bonds is 4. The maximum Gasteiger partial charge on any atom is 0.163 e. The van der Waals surface area contributed by atoms with Gasteiger partial charge in [-0.15, -0.1) is 0 Å². The molecule has 0 saturated carbocycles. The fraction of sp³-hybridized carbons (Fsp3) is 0.286. The van der Waals surface area contributed by atoms with Crippen molar-refractivity contribution in [1.82, 2.24) is 9.97 Å². The Morgan fingerprint density at radius 2 is 2.00 bits per heavy atom. The van der Waals surface area contributed by atoms with Crippen LogP contribution >= 0.6 is 31.9 Å². The van der Waals surface area contributed by atoms with E-state index in [1.54, 1.807) is 7.11 Å². The third kappa shape index (κ3) is 3.19. The second-order valence-corrected chi connectivity index (χ2v) is 5.97. The lowest BCUT2D eigenvalue weighted by molar-refractivity contribution is 0.181. The van der Waals surface area contributed by atoms with Crippen LogP contribution < -0.4 is 5.32 Å². The highest BCUT2D eigenvalue weighted by Crippen LogP contribution is 2.31. The largest absolute Gasteiger partial charge is 0.378 e. The molecule has 0 aliphatic carbocycles. The third-order valence-electron chi connectivity index (χ3n) is 2.80. The molecule has 0 unspecified atom stereocenters. The first kappa shape index (κ1) is 15.4. The molecule has 0 saturated heterocycles. The van der Waals surface area contributed by atoms with Gasteiger partial charge in [-0.25, -0.2) is 9.97 Å². The molecule has 1 aromatic heterocycles. The molecule has 0 radical (unpaired) electrons. The van der Waals surface area contributed by atoms with Crippen molar-refractivity contribution in [2.45, 2.75) is 13.5 Å². The van der Waals surface area contributed by atoms with E-state index in [4.69, 9.17) is 4.74 Å². The number of benzene rings is 1. The molecule has 106 valence electrons. The minimum Gasteiger partial charge on any atom is -0.378 e. The number of ether oxygens (including phenoxy) is 1. The molecule has 0 aliphatic heterocycles. The van der Waals surface area contributed by atoms with E-state index in [1.807, 2.05) is 26.1 Å². The van der Waals surface area contributed by atoms with Crippen molar-refractivity contribution >= 4 is 37.7 Å². The van der Waals surface area contributed by atoms with Gasteiger partial charge in [-0.05, 0) is 40.5 Å². The highest BCUT2D eigenvalue weighted by molar-refractivity contribution is 9.11. The third-order valence-corrected chi connectivity index (χ3v) is 4.29. The van der Waals surface area contributed by atoms with Crippen LogP contribution in [0.4, 0.5) is 5.82 Å². The number of nitrogens with one attached hydrogen (secondary N) is 1. The van der Waals surface area contributed by atoms with Crippen molar-refractivity contribution in [1.29, 1.82) is 0 Å². The second-order valence-electron chi connectivity index (χ2n) is 4.32. The average Bonchev–Trinajstić information content (AvgIpc) is 2.41. The van der Waals surface area contributed by atoms with E-state index in [-0.39, 0.29) is 0 Å². The van der Waals surface area contributed by atoms with Gasteiger partial charge in [-0.3, -0.25) is 0 Å². The van der Waals surface area contributed by atoms with Crippen LogP contribution in [0, 0.1) is 6.92 Å². The number of methoxy groups -OCH3 is 1. The van der Waals surface area contributed by atoms with Crippen molar-refractivity contribution in [2.24, 2.45) is 0 Å². The average molecular weight is 401 g/mol. The Morgan fingerprint density at radius 3 is 2.60 bits per heavy atom. The van der Waals surface area contributed by atoms with Crippen molar-refractivity contribution in [3.63, 3.8) is 0 Å². The summed E-state index contributed by atoms with van der Waals surface area (Å²) in [6.45, 7) is 2.47. The number of hydrogen-bond donors (Lipinski definition) is 1. The van der Waals surface area contributed by atoms with E-state index < -0.39 is 0 Å². The monoisotopic (exact) mass is 399 g/mol. The molecular weight excluding hydrogens is 386 g/mol. The Kier molecular flexibility index (Phi) is 5.12. The van der Waals surface area contributed by atoms with E-state index in [2.05, 4.69) is 53.2 Å². The topological polar surface area (TPSA) is 47.0 Å². The van der Waals surface area contributed by atoms with E-state index in [1.165, 1.54) is 5.56 Å². The quantitative estimate of drug-likeness (QED) is 0.836. The van der Waals surface area contributed by atoms with Crippen LogP contribution in [-0.4, -0.2) is 24.1 Å². The van der Waals surface area contributed by atoms with Gasteiger partial charge < -0.3 is 10.1 Å². The standard InChI is InChI=1S/C14H15Br2N3O/c1-8-4-5-9(10(15)6-8)13-18-11(7-20-3)12(16)14(17-2)19-13/h4-6H,7H2,1-3H3,(H,17,18,19). The van der Waals surface area contributed by atoms with Crippen LogP contribution in [-0.2, 0) is 11.3 Å². The summed E-state index contributed by atoms with van der Waals surface area (Å²) in [7, 11) is 3.48. The number of nitrogens with zero attached hydrogens (tertiary/aromatic N) is 2. The predicted molar refractivity (Wildman–Crippen MR) is 87.9 cm³/mol. The first-order chi connectivity index (χ1) is 9.56. The summed E-state index contributed by atoms with van der Waals surface area (Å²) in [5.41, 5.74) is 2.95. The van der Waals surface area contributed by atoms with Gasteiger partial charge in [-0.2, -0.15) is 0 Å². The maximum absolute atomic E-state index is 5.19. The summed E-state index contributed by atoms with van der Waals surface area (Å²) in [4.78, 5) is 9.12. The van der Waals surface area contributed by atoms with Gasteiger partial charge in [0, 0.05) is 24.2 Å². The molecule has 20 heavy (non-hydrogen) atoms. The zero-order valence-corrected chi connectivity index (χ0v) is 14.7. The molecule has 1 aromatic carbocycles. The van der Waals surface area contributed by atoms with Gasteiger partial charge >= 0.3 is 0 Å². The summed E-state index contributed by atoms with van der Waals surface area (Å²) in [6.07, 6.45) is 0. The van der Waals surface area contributed by atoms with Crippen molar-refractivity contribution in [2.75, 3.05) is 19.5 Å². The number of aromatic nitrogens is 2. The zero-order valence-electron chi connectivity index (χ0n) is 11.5. The molecule has 4 nitrogen and oxygen atoms in total. The van der Waals surface area contributed by atoms with Crippen molar-refractivity contribution in [3.05, 3.63) is 38.4 Å². The van der Waals surface area contributed by atoms with Crippen molar-refractivity contribution in [3.8, 4) is 11.4 Å². The Balaban J connectivity index is 2.58. The molecule has 0 fully saturated rings. The second kappa shape index (κ2) is 6.65. The predicted octanol–water partition coefficient (Wildman–Crippen LogP) is 4.17.